The maximum Gasteiger partial charge on any atom is 0.417 e. The van der Waals surface area contributed by atoms with E-state index in [9.17, 15) is 4.79 Å². The molecule has 0 bridgehead atoms. The van der Waals surface area contributed by atoms with Crippen molar-refractivity contribution in [1.29, 1.82) is 0 Å². The third kappa shape index (κ3) is 9.21. The minimum Gasteiger partial charge on any atom is -0.457 e. The lowest BCUT2D eigenvalue weighted by atomic mass is 10.2. The third-order valence-corrected chi connectivity index (χ3v) is 1.57. The molecule has 0 aliphatic carbocycles. The smallest absolute Gasteiger partial charge is 0.417 e. The number of ether oxygens (including phenoxy) is 1. The van der Waals surface area contributed by atoms with Crippen molar-refractivity contribution in [3.8, 4) is 0 Å². The predicted molar refractivity (Wildman–Crippen MR) is 49.5 cm³/mol. The third-order valence-electron chi connectivity index (χ3n) is 1.57. The average molecular weight is 169 g/mol. The number of hydrogen-bond acceptors (Lipinski definition) is 2. The molecule has 69 valence electrons. The van der Waals surface area contributed by atoms with Gasteiger partial charge in [0.1, 0.15) is 0 Å². The summed E-state index contributed by atoms with van der Waals surface area (Å²) in [5.74, 6) is 0. The van der Waals surface area contributed by atoms with Crippen LogP contribution in [0.3, 0.4) is 0 Å². The molecule has 0 unspecified atom stereocenters. The van der Waals surface area contributed by atoms with Crippen LogP contribution in [-0.4, -0.2) is 13.1 Å². The van der Waals surface area contributed by atoms with Gasteiger partial charge >= 0.3 is 6.47 Å². The average Bonchev–Trinajstić information content (AvgIpc) is 2.10. The van der Waals surface area contributed by atoms with Crippen molar-refractivity contribution in [2.24, 2.45) is 0 Å². The fraction of sp³-hybridized carbons (Fsp3) is 0.700. The SMILES string of the molecule is CCCC/C=C/CCCO[C]=O. The van der Waals surface area contributed by atoms with Crippen LogP contribution in [-0.2, 0) is 9.53 Å². The Morgan fingerprint density at radius 1 is 1.25 bits per heavy atom. The van der Waals surface area contributed by atoms with Gasteiger partial charge in [0.25, 0.3) is 0 Å². The van der Waals surface area contributed by atoms with E-state index < -0.39 is 0 Å². The molecule has 0 aromatic carbocycles. The van der Waals surface area contributed by atoms with Gasteiger partial charge in [0.05, 0.1) is 6.61 Å². The van der Waals surface area contributed by atoms with E-state index in [-0.39, 0.29) is 0 Å². The van der Waals surface area contributed by atoms with Crippen molar-refractivity contribution in [3.63, 3.8) is 0 Å². The summed E-state index contributed by atoms with van der Waals surface area (Å²) in [4.78, 5) is 9.61. The molecule has 0 fully saturated rings. The van der Waals surface area contributed by atoms with Crippen molar-refractivity contribution in [1.82, 2.24) is 0 Å². The summed E-state index contributed by atoms with van der Waals surface area (Å²) in [5.41, 5.74) is 0. The molecule has 0 aromatic rings. The zero-order valence-electron chi connectivity index (χ0n) is 7.71. The van der Waals surface area contributed by atoms with Crippen LogP contribution in [0.25, 0.3) is 0 Å². The minimum atomic E-state index is 0.488. The highest BCUT2D eigenvalue weighted by Gasteiger charge is 1.84. The summed E-state index contributed by atoms with van der Waals surface area (Å²) in [7, 11) is 0. The molecular formula is C10H17O2. The van der Waals surface area contributed by atoms with Crippen LogP contribution in [0.2, 0.25) is 0 Å². The van der Waals surface area contributed by atoms with Crippen LogP contribution in [0.15, 0.2) is 12.2 Å². The minimum absolute atomic E-state index is 0.488. The number of carbonyl (C=O) groups excluding carboxylic acids is 1. The summed E-state index contributed by atoms with van der Waals surface area (Å²) < 4.78 is 4.42. The van der Waals surface area contributed by atoms with E-state index >= 15 is 0 Å². The molecule has 0 N–H and O–H groups in total. The molecule has 0 heterocycles. The molecule has 0 rings (SSSR count). The lowest BCUT2D eigenvalue weighted by Crippen LogP contribution is -1.89. The van der Waals surface area contributed by atoms with E-state index in [4.69, 9.17) is 0 Å². The molecule has 0 atom stereocenters. The Morgan fingerprint density at radius 2 is 1.92 bits per heavy atom. The Labute approximate surface area is 74.6 Å². The first-order valence-electron chi connectivity index (χ1n) is 4.55. The van der Waals surface area contributed by atoms with Gasteiger partial charge in [-0.3, -0.25) is 0 Å². The lowest BCUT2D eigenvalue weighted by Gasteiger charge is -1.93. The number of unbranched alkanes of at least 4 members (excludes halogenated alkanes) is 3. The Balaban J connectivity index is 2.97. The topological polar surface area (TPSA) is 26.3 Å². The molecule has 0 spiro atoms. The Hall–Kier alpha value is -0.790. The maximum absolute atomic E-state index is 9.61. The van der Waals surface area contributed by atoms with Crippen LogP contribution in [0, 0.1) is 0 Å². The van der Waals surface area contributed by atoms with Gasteiger partial charge in [-0.05, 0) is 19.3 Å². The fourth-order valence-corrected chi connectivity index (χ4v) is 0.873. The molecule has 0 saturated heterocycles. The van der Waals surface area contributed by atoms with Crippen molar-refractivity contribution < 1.29 is 9.53 Å². The highest BCUT2D eigenvalue weighted by atomic mass is 16.5. The molecule has 0 amide bonds. The van der Waals surface area contributed by atoms with Gasteiger partial charge in [-0.15, -0.1) is 0 Å². The Bertz CT molecular complexity index is 119. The second-order valence-electron chi connectivity index (χ2n) is 2.69. The molecule has 0 aliphatic rings. The summed E-state index contributed by atoms with van der Waals surface area (Å²) in [5, 5.41) is 0. The van der Waals surface area contributed by atoms with Crippen LogP contribution >= 0.6 is 0 Å². The van der Waals surface area contributed by atoms with E-state index in [1.165, 1.54) is 19.3 Å². The number of rotatable bonds is 8. The van der Waals surface area contributed by atoms with Crippen molar-refractivity contribution >= 4 is 6.47 Å². The molecule has 0 saturated carbocycles. The first-order chi connectivity index (χ1) is 5.91. The van der Waals surface area contributed by atoms with E-state index in [0.29, 0.717) is 6.61 Å². The second-order valence-corrected chi connectivity index (χ2v) is 2.69. The van der Waals surface area contributed by atoms with Crippen molar-refractivity contribution in [2.75, 3.05) is 6.61 Å². The predicted octanol–water partition coefficient (Wildman–Crippen LogP) is 2.60. The van der Waals surface area contributed by atoms with Crippen molar-refractivity contribution in [2.45, 2.75) is 39.0 Å². The van der Waals surface area contributed by atoms with Crippen molar-refractivity contribution in [3.05, 3.63) is 12.2 Å². The monoisotopic (exact) mass is 169 g/mol. The summed E-state index contributed by atoms with van der Waals surface area (Å²) in [6, 6.07) is 0. The first-order valence-corrected chi connectivity index (χ1v) is 4.55. The Kier molecular flexibility index (Phi) is 9.54. The molecule has 0 aliphatic heterocycles. The van der Waals surface area contributed by atoms with Crippen LogP contribution < -0.4 is 0 Å². The molecule has 1 radical (unpaired) electrons. The van der Waals surface area contributed by atoms with Crippen LogP contribution in [0.4, 0.5) is 0 Å². The zero-order valence-corrected chi connectivity index (χ0v) is 7.71. The standard InChI is InChI=1S/C10H17O2/c1-2-3-4-5-6-7-8-9-12-10-11/h5-6H,2-4,7-9H2,1H3/b6-5+. The van der Waals surface area contributed by atoms with Gasteiger partial charge in [-0.2, -0.15) is 0 Å². The van der Waals surface area contributed by atoms with Gasteiger partial charge in [0, 0.05) is 0 Å². The highest BCUT2D eigenvalue weighted by molar-refractivity contribution is 5.37. The van der Waals surface area contributed by atoms with E-state index in [1.807, 2.05) is 0 Å². The summed E-state index contributed by atoms with van der Waals surface area (Å²) in [6.45, 7) is 4.07. The van der Waals surface area contributed by atoms with Gasteiger partial charge in [0.2, 0.25) is 0 Å². The van der Waals surface area contributed by atoms with E-state index in [1.54, 1.807) is 0 Å². The van der Waals surface area contributed by atoms with Gasteiger partial charge in [-0.1, -0.05) is 31.9 Å². The zero-order chi connectivity index (χ0) is 9.07. The molecule has 12 heavy (non-hydrogen) atoms. The van der Waals surface area contributed by atoms with Gasteiger partial charge in [-0.25, -0.2) is 4.79 Å². The molecule has 0 aromatic heterocycles. The van der Waals surface area contributed by atoms with Crippen LogP contribution in [0.1, 0.15) is 39.0 Å². The lowest BCUT2D eigenvalue weighted by molar-refractivity contribution is 0.274. The van der Waals surface area contributed by atoms with E-state index in [0.717, 1.165) is 19.3 Å². The van der Waals surface area contributed by atoms with Crippen LogP contribution in [0.5, 0.6) is 0 Å². The fourth-order valence-electron chi connectivity index (χ4n) is 0.873. The highest BCUT2D eigenvalue weighted by Crippen LogP contribution is 1.97. The van der Waals surface area contributed by atoms with Gasteiger partial charge < -0.3 is 4.74 Å². The molecule has 2 nitrogen and oxygen atoms in total. The summed E-state index contributed by atoms with van der Waals surface area (Å²) in [6.07, 6.45) is 9.89. The largest absolute Gasteiger partial charge is 0.457 e. The van der Waals surface area contributed by atoms with Gasteiger partial charge in [0.15, 0.2) is 0 Å². The molecule has 2 heteroatoms. The van der Waals surface area contributed by atoms with E-state index in [2.05, 4.69) is 23.8 Å². The maximum atomic E-state index is 9.61. The second kappa shape index (κ2) is 10.2. The number of allylic oxidation sites excluding steroid dienone is 2. The number of hydrogen-bond donors (Lipinski definition) is 0. The first kappa shape index (κ1) is 11.2. The molecular weight excluding hydrogens is 152 g/mol. The quantitative estimate of drug-likeness (QED) is 0.412. The normalized spacial score (nSPS) is 10.4. The Morgan fingerprint density at radius 3 is 2.50 bits per heavy atom. The summed E-state index contributed by atoms with van der Waals surface area (Å²) >= 11 is 0.